The van der Waals surface area contributed by atoms with Gasteiger partial charge >= 0.3 is 12.1 Å². The van der Waals surface area contributed by atoms with Gasteiger partial charge in [-0.1, -0.05) is 67.9 Å². The van der Waals surface area contributed by atoms with Crippen LogP contribution in [0.2, 0.25) is 0 Å². The van der Waals surface area contributed by atoms with Crippen molar-refractivity contribution in [1.29, 1.82) is 0 Å². The van der Waals surface area contributed by atoms with Crippen molar-refractivity contribution >= 4 is 22.9 Å². The van der Waals surface area contributed by atoms with E-state index in [2.05, 4.69) is 15.3 Å². The molecule has 0 fully saturated rings. The zero-order chi connectivity index (χ0) is 30.0. The SMILES string of the molecule is CCC[C@@H](NC(=O)c1ccc(-c2c(C)cccc2-c2nc3cc(C(F)(F)F)ccc3[nH]2)c(C(=O)O)c1)c1ccccc1. The molecule has 5 aromatic rings. The van der Waals surface area contributed by atoms with E-state index in [0.717, 1.165) is 29.7 Å². The molecular weight excluding hydrogens is 543 g/mol. The van der Waals surface area contributed by atoms with E-state index < -0.39 is 23.6 Å². The van der Waals surface area contributed by atoms with Crippen LogP contribution in [-0.4, -0.2) is 27.0 Å². The molecular formula is C33H28F3N3O3. The highest BCUT2D eigenvalue weighted by atomic mass is 19.4. The molecule has 3 N–H and O–H groups in total. The number of carboxylic acid groups (broad SMARTS) is 1. The van der Waals surface area contributed by atoms with Crippen LogP contribution < -0.4 is 5.32 Å². The summed E-state index contributed by atoms with van der Waals surface area (Å²) in [5, 5.41) is 13.2. The van der Waals surface area contributed by atoms with Crippen molar-refractivity contribution in [2.24, 2.45) is 0 Å². The van der Waals surface area contributed by atoms with Crippen molar-refractivity contribution in [1.82, 2.24) is 15.3 Å². The number of fused-ring (bicyclic) bond motifs is 1. The number of rotatable bonds is 8. The molecule has 1 atom stereocenters. The average molecular weight is 572 g/mol. The predicted molar refractivity (Wildman–Crippen MR) is 155 cm³/mol. The first-order chi connectivity index (χ1) is 20.1. The number of carbonyl (C=O) groups excluding carboxylic acids is 1. The van der Waals surface area contributed by atoms with Crippen LogP contribution in [0, 0.1) is 6.92 Å². The summed E-state index contributed by atoms with van der Waals surface area (Å²) < 4.78 is 39.8. The van der Waals surface area contributed by atoms with Crippen molar-refractivity contribution in [3.05, 3.63) is 113 Å². The molecule has 0 aliphatic rings. The van der Waals surface area contributed by atoms with Gasteiger partial charge in [0.1, 0.15) is 5.82 Å². The number of aryl methyl sites for hydroxylation is 1. The number of nitrogens with one attached hydrogen (secondary N) is 2. The van der Waals surface area contributed by atoms with Crippen molar-refractivity contribution < 1.29 is 27.9 Å². The standard InChI is InChI=1S/C33H28F3N3O3/c1-3-8-26(20-10-5-4-6-11-20)39-31(40)21-13-15-23(25(17-21)32(41)42)29-19(2)9-7-12-24(29)30-37-27-16-14-22(33(34,35)36)18-28(27)38-30/h4-7,9-18,26H,3,8H2,1-2H3,(H,37,38)(H,39,40)(H,41,42)/t26-/m1/s1. The molecule has 1 aromatic heterocycles. The second-order valence-corrected chi connectivity index (χ2v) is 10.1. The molecule has 1 amide bonds. The number of hydrogen-bond acceptors (Lipinski definition) is 3. The first-order valence-corrected chi connectivity index (χ1v) is 13.5. The molecule has 42 heavy (non-hydrogen) atoms. The van der Waals surface area contributed by atoms with E-state index in [9.17, 15) is 27.9 Å². The number of alkyl halides is 3. The van der Waals surface area contributed by atoms with Crippen LogP contribution in [-0.2, 0) is 6.18 Å². The number of imidazole rings is 1. The Labute approximate surface area is 240 Å². The lowest BCUT2D eigenvalue weighted by Crippen LogP contribution is -2.28. The zero-order valence-corrected chi connectivity index (χ0v) is 22.9. The molecule has 0 saturated carbocycles. The molecule has 0 radical (unpaired) electrons. The molecule has 214 valence electrons. The van der Waals surface area contributed by atoms with E-state index >= 15 is 0 Å². The van der Waals surface area contributed by atoms with E-state index in [1.54, 1.807) is 24.3 Å². The fourth-order valence-corrected chi connectivity index (χ4v) is 5.15. The van der Waals surface area contributed by atoms with Gasteiger partial charge < -0.3 is 15.4 Å². The lowest BCUT2D eigenvalue weighted by Gasteiger charge is -2.19. The van der Waals surface area contributed by atoms with Crippen molar-refractivity contribution in [2.45, 2.75) is 38.9 Å². The summed E-state index contributed by atoms with van der Waals surface area (Å²) in [4.78, 5) is 33.2. The van der Waals surface area contributed by atoms with Crippen LogP contribution in [0.15, 0.2) is 84.9 Å². The van der Waals surface area contributed by atoms with Crippen molar-refractivity contribution in [3.63, 3.8) is 0 Å². The third-order valence-corrected chi connectivity index (χ3v) is 7.20. The third-order valence-electron chi connectivity index (χ3n) is 7.20. The Kier molecular flexibility index (Phi) is 7.85. The monoisotopic (exact) mass is 571 g/mol. The number of aromatic carboxylic acids is 1. The Morgan fingerprint density at radius 1 is 0.952 bits per heavy atom. The largest absolute Gasteiger partial charge is 0.478 e. The number of aromatic amines is 1. The first-order valence-electron chi connectivity index (χ1n) is 13.5. The molecule has 6 nitrogen and oxygen atoms in total. The molecule has 0 aliphatic heterocycles. The van der Waals surface area contributed by atoms with Crippen LogP contribution >= 0.6 is 0 Å². The number of aromatic nitrogens is 2. The van der Waals surface area contributed by atoms with E-state index in [-0.39, 0.29) is 22.7 Å². The van der Waals surface area contributed by atoms with Crippen LogP contribution in [0.25, 0.3) is 33.5 Å². The number of carboxylic acids is 1. The van der Waals surface area contributed by atoms with Gasteiger partial charge in [0.2, 0.25) is 0 Å². The normalized spacial score (nSPS) is 12.3. The predicted octanol–water partition coefficient (Wildman–Crippen LogP) is 8.19. The van der Waals surface area contributed by atoms with E-state index in [1.165, 1.54) is 12.1 Å². The maximum Gasteiger partial charge on any atom is 0.416 e. The molecule has 9 heteroatoms. The summed E-state index contributed by atoms with van der Waals surface area (Å²) in [5.41, 5.74) is 2.97. The second-order valence-electron chi connectivity index (χ2n) is 10.1. The number of halogens is 3. The summed E-state index contributed by atoms with van der Waals surface area (Å²) in [7, 11) is 0. The van der Waals surface area contributed by atoms with E-state index in [4.69, 9.17) is 0 Å². The minimum Gasteiger partial charge on any atom is -0.478 e. The quantitative estimate of drug-likeness (QED) is 0.175. The minimum absolute atomic E-state index is 0.0829. The maximum absolute atomic E-state index is 13.3. The van der Waals surface area contributed by atoms with Gasteiger partial charge in [-0.3, -0.25) is 4.79 Å². The van der Waals surface area contributed by atoms with Gasteiger partial charge in [-0.15, -0.1) is 0 Å². The smallest absolute Gasteiger partial charge is 0.416 e. The fraction of sp³-hybridized carbons (Fsp3) is 0.182. The van der Waals surface area contributed by atoms with Gasteiger partial charge in [0.25, 0.3) is 5.91 Å². The molecule has 0 saturated heterocycles. The van der Waals surface area contributed by atoms with Gasteiger partial charge in [-0.05, 0) is 65.9 Å². The number of amides is 1. The Balaban J connectivity index is 1.55. The number of carbonyl (C=O) groups is 2. The summed E-state index contributed by atoms with van der Waals surface area (Å²) in [6.07, 6.45) is -2.95. The van der Waals surface area contributed by atoms with Gasteiger partial charge in [-0.25, -0.2) is 9.78 Å². The van der Waals surface area contributed by atoms with Crippen LogP contribution in [0.5, 0.6) is 0 Å². The fourth-order valence-electron chi connectivity index (χ4n) is 5.15. The van der Waals surface area contributed by atoms with Gasteiger partial charge in [0, 0.05) is 11.1 Å². The third kappa shape index (κ3) is 5.76. The number of benzene rings is 4. The Morgan fingerprint density at radius 2 is 1.71 bits per heavy atom. The first kappa shape index (κ1) is 28.6. The summed E-state index contributed by atoms with van der Waals surface area (Å²) in [6, 6.07) is 22.5. The molecule has 0 unspecified atom stereocenters. The number of hydrogen-bond donors (Lipinski definition) is 3. The number of nitrogens with zero attached hydrogens (tertiary/aromatic N) is 1. The van der Waals surface area contributed by atoms with Gasteiger partial charge in [0.15, 0.2) is 0 Å². The van der Waals surface area contributed by atoms with Crippen LogP contribution in [0.4, 0.5) is 13.2 Å². The molecule has 0 aliphatic carbocycles. The molecule has 0 spiro atoms. The average Bonchev–Trinajstić information content (AvgIpc) is 3.40. The lowest BCUT2D eigenvalue weighted by molar-refractivity contribution is -0.137. The maximum atomic E-state index is 13.3. The zero-order valence-electron chi connectivity index (χ0n) is 22.9. The Bertz CT molecular complexity index is 1780. The second kappa shape index (κ2) is 11.5. The molecule has 5 rings (SSSR count). The summed E-state index contributed by atoms with van der Waals surface area (Å²) >= 11 is 0. The molecule has 4 aromatic carbocycles. The molecule has 1 heterocycles. The van der Waals surface area contributed by atoms with Crippen molar-refractivity contribution in [2.75, 3.05) is 0 Å². The van der Waals surface area contributed by atoms with Crippen LogP contribution in [0.3, 0.4) is 0 Å². The summed E-state index contributed by atoms with van der Waals surface area (Å²) in [5.74, 6) is -1.32. The molecule has 0 bridgehead atoms. The Hall–Kier alpha value is -4.92. The lowest BCUT2D eigenvalue weighted by atomic mass is 9.90. The van der Waals surface area contributed by atoms with Crippen LogP contribution in [0.1, 0.15) is 63.2 Å². The summed E-state index contributed by atoms with van der Waals surface area (Å²) in [6.45, 7) is 3.83. The highest BCUT2D eigenvalue weighted by Gasteiger charge is 2.31. The van der Waals surface area contributed by atoms with E-state index in [0.29, 0.717) is 34.5 Å². The number of H-pyrrole nitrogens is 1. The van der Waals surface area contributed by atoms with Crippen molar-refractivity contribution in [3.8, 4) is 22.5 Å². The highest BCUT2D eigenvalue weighted by Crippen LogP contribution is 2.38. The Morgan fingerprint density at radius 3 is 2.40 bits per heavy atom. The minimum atomic E-state index is -4.51. The van der Waals surface area contributed by atoms with E-state index in [1.807, 2.05) is 50.2 Å². The topological polar surface area (TPSA) is 95.1 Å². The highest BCUT2D eigenvalue weighted by molar-refractivity contribution is 6.03. The van der Waals surface area contributed by atoms with Gasteiger partial charge in [-0.2, -0.15) is 13.2 Å². The van der Waals surface area contributed by atoms with Gasteiger partial charge in [0.05, 0.1) is 28.2 Å².